The maximum Gasteiger partial charge on any atom is 0.111 e. The molecule has 0 aliphatic heterocycles. The summed E-state index contributed by atoms with van der Waals surface area (Å²) in [5.74, 6) is 0.484. The van der Waals surface area contributed by atoms with Crippen LogP contribution in [-0.4, -0.2) is 6.54 Å². The number of hydrogen-bond donors (Lipinski definition) is 1. The Morgan fingerprint density at radius 2 is 1.48 bits per heavy atom. The summed E-state index contributed by atoms with van der Waals surface area (Å²) < 4.78 is 0. The average Bonchev–Trinajstić information content (AvgIpc) is 3.01. The first-order chi connectivity index (χ1) is 11.3. The van der Waals surface area contributed by atoms with Gasteiger partial charge in [-0.05, 0) is 35.1 Å². The first kappa shape index (κ1) is 16.0. The van der Waals surface area contributed by atoms with E-state index in [0.29, 0.717) is 5.92 Å². The Bertz CT molecular complexity index is 663. The predicted molar refractivity (Wildman–Crippen MR) is 98.9 cm³/mol. The fraction of sp³-hybridized carbons (Fsp3) is 0.238. The summed E-state index contributed by atoms with van der Waals surface area (Å²) in [6.07, 6.45) is 1.17. The van der Waals surface area contributed by atoms with Crippen molar-refractivity contribution in [2.75, 3.05) is 6.54 Å². The van der Waals surface area contributed by atoms with Crippen molar-refractivity contribution in [3.63, 3.8) is 0 Å². The van der Waals surface area contributed by atoms with Crippen LogP contribution in [0.3, 0.4) is 0 Å². The van der Waals surface area contributed by atoms with Crippen LogP contribution in [0.15, 0.2) is 72.1 Å². The van der Waals surface area contributed by atoms with Gasteiger partial charge < -0.3 is 5.32 Å². The van der Waals surface area contributed by atoms with Crippen molar-refractivity contribution >= 4 is 11.3 Å². The smallest absolute Gasteiger partial charge is 0.111 e. The molecule has 0 unspecified atom stereocenters. The van der Waals surface area contributed by atoms with Crippen molar-refractivity contribution in [3.8, 4) is 0 Å². The molecule has 2 heteroatoms. The molecular formula is C21H24NS+. The van der Waals surface area contributed by atoms with Crippen LogP contribution in [0, 0.1) is 6.92 Å². The number of thiophene rings is 1. The van der Waals surface area contributed by atoms with Crippen LogP contribution in [0.2, 0.25) is 0 Å². The average molecular weight is 322 g/mol. The molecule has 23 heavy (non-hydrogen) atoms. The van der Waals surface area contributed by atoms with Crippen molar-refractivity contribution < 1.29 is 5.32 Å². The van der Waals surface area contributed by atoms with Crippen molar-refractivity contribution in [1.82, 2.24) is 0 Å². The topological polar surface area (TPSA) is 16.6 Å². The summed E-state index contributed by atoms with van der Waals surface area (Å²) in [6.45, 7) is 4.45. The van der Waals surface area contributed by atoms with Gasteiger partial charge in [-0.25, -0.2) is 0 Å². The summed E-state index contributed by atoms with van der Waals surface area (Å²) in [5, 5.41) is 4.63. The van der Waals surface area contributed by atoms with Crippen molar-refractivity contribution in [1.29, 1.82) is 0 Å². The van der Waals surface area contributed by atoms with E-state index in [1.165, 1.54) is 28.0 Å². The standard InChI is InChI=1S/C21H23NS/c1-17-13-15-23-21(17)16-22-14-12-20(18-8-4-2-5-9-18)19-10-6-3-7-11-19/h2-11,13,15,20,22H,12,14,16H2,1H3/p+1. The lowest BCUT2D eigenvalue weighted by Gasteiger charge is -2.17. The second kappa shape index (κ2) is 8.09. The van der Waals surface area contributed by atoms with E-state index < -0.39 is 0 Å². The van der Waals surface area contributed by atoms with Gasteiger partial charge in [0, 0.05) is 12.3 Å². The number of nitrogens with two attached hydrogens (primary N) is 1. The largest absolute Gasteiger partial charge is 0.342 e. The lowest BCUT2D eigenvalue weighted by Crippen LogP contribution is -2.82. The van der Waals surface area contributed by atoms with E-state index in [1.807, 2.05) is 11.3 Å². The SMILES string of the molecule is Cc1ccsc1C[NH2+]CCC(c1ccccc1)c1ccccc1. The summed E-state index contributed by atoms with van der Waals surface area (Å²) in [7, 11) is 0. The molecule has 0 atom stereocenters. The molecule has 1 heterocycles. The van der Waals surface area contributed by atoms with Gasteiger partial charge >= 0.3 is 0 Å². The highest BCUT2D eigenvalue weighted by molar-refractivity contribution is 7.10. The number of rotatable bonds is 7. The number of quaternary nitrogens is 1. The molecule has 2 aromatic carbocycles. The Hall–Kier alpha value is -1.90. The summed E-state index contributed by atoms with van der Waals surface area (Å²) in [4.78, 5) is 1.50. The van der Waals surface area contributed by atoms with Gasteiger partial charge in [-0.2, -0.15) is 0 Å². The minimum atomic E-state index is 0.484. The molecule has 3 aromatic rings. The van der Waals surface area contributed by atoms with Gasteiger partial charge in [-0.15, -0.1) is 11.3 Å². The van der Waals surface area contributed by atoms with E-state index >= 15 is 0 Å². The molecule has 2 N–H and O–H groups in total. The van der Waals surface area contributed by atoms with Gasteiger partial charge in [0.2, 0.25) is 0 Å². The minimum absolute atomic E-state index is 0.484. The zero-order valence-corrected chi connectivity index (χ0v) is 14.4. The molecular weight excluding hydrogens is 298 g/mol. The summed E-state index contributed by atoms with van der Waals surface area (Å²) >= 11 is 1.87. The van der Waals surface area contributed by atoms with Gasteiger partial charge in [-0.1, -0.05) is 60.7 Å². The van der Waals surface area contributed by atoms with E-state index in [9.17, 15) is 0 Å². The van der Waals surface area contributed by atoms with Crippen molar-refractivity contribution in [3.05, 3.63) is 93.7 Å². The first-order valence-corrected chi connectivity index (χ1v) is 9.17. The molecule has 1 nitrogen and oxygen atoms in total. The van der Waals surface area contributed by atoms with E-state index in [1.54, 1.807) is 0 Å². The molecule has 0 bridgehead atoms. The molecule has 118 valence electrons. The fourth-order valence-corrected chi connectivity index (χ4v) is 3.93. The Morgan fingerprint density at radius 1 is 0.870 bits per heavy atom. The maximum atomic E-state index is 2.44. The van der Waals surface area contributed by atoms with Gasteiger partial charge in [0.1, 0.15) is 6.54 Å². The lowest BCUT2D eigenvalue weighted by atomic mass is 9.88. The van der Waals surface area contributed by atoms with E-state index in [2.05, 4.69) is 84.4 Å². The van der Waals surface area contributed by atoms with Crippen LogP contribution in [0.25, 0.3) is 0 Å². The van der Waals surface area contributed by atoms with Crippen molar-refractivity contribution in [2.24, 2.45) is 0 Å². The van der Waals surface area contributed by atoms with Gasteiger partial charge in [0.15, 0.2) is 0 Å². The van der Waals surface area contributed by atoms with Crippen molar-refractivity contribution in [2.45, 2.75) is 25.8 Å². The Kier molecular flexibility index (Phi) is 5.62. The quantitative estimate of drug-likeness (QED) is 0.623. The molecule has 0 amide bonds. The van der Waals surface area contributed by atoms with E-state index in [4.69, 9.17) is 0 Å². The molecule has 0 radical (unpaired) electrons. The number of hydrogen-bond acceptors (Lipinski definition) is 1. The molecule has 0 fully saturated rings. The Morgan fingerprint density at radius 3 is 2.00 bits per heavy atom. The second-order valence-electron chi connectivity index (χ2n) is 5.97. The highest BCUT2D eigenvalue weighted by Crippen LogP contribution is 2.27. The van der Waals surface area contributed by atoms with Crippen LogP contribution >= 0.6 is 11.3 Å². The van der Waals surface area contributed by atoms with Gasteiger partial charge in [0.25, 0.3) is 0 Å². The highest BCUT2D eigenvalue weighted by atomic mass is 32.1. The zero-order valence-electron chi connectivity index (χ0n) is 13.6. The first-order valence-electron chi connectivity index (χ1n) is 8.29. The van der Waals surface area contributed by atoms with E-state index in [-0.39, 0.29) is 0 Å². The fourth-order valence-electron chi connectivity index (χ4n) is 3.03. The molecule has 3 rings (SSSR count). The zero-order chi connectivity index (χ0) is 15.9. The molecule has 0 saturated heterocycles. The minimum Gasteiger partial charge on any atom is -0.342 e. The molecule has 0 aliphatic rings. The van der Waals surface area contributed by atoms with Crippen LogP contribution in [-0.2, 0) is 6.54 Å². The summed E-state index contributed by atoms with van der Waals surface area (Å²) in [5.41, 5.74) is 4.26. The Labute approximate surface area is 143 Å². The molecule has 0 saturated carbocycles. The van der Waals surface area contributed by atoms with Crippen LogP contribution < -0.4 is 5.32 Å². The second-order valence-corrected chi connectivity index (χ2v) is 6.97. The van der Waals surface area contributed by atoms with Gasteiger partial charge in [-0.3, -0.25) is 0 Å². The van der Waals surface area contributed by atoms with Gasteiger partial charge in [0.05, 0.1) is 11.4 Å². The predicted octanol–water partition coefficient (Wildman–Crippen LogP) is 4.34. The third-order valence-electron chi connectivity index (χ3n) is 4.36. The van der Waals surface area contributed by atoms with Crippen LogP contribution in [0.1, 0.15) is 33.9 Å². The number of benzene rings is 2. The maximum absolute atomic E-state index is 2.44. The Balaban J connectivity index is 1.64. The summed E-state index contributed by atoms with van der Waals surface area (Å²) in [6, 6.07) is 24.0. The van der Waals surface area contributed by atoms with Crippen LogP contribution in [0.4, 0.5) is 0 Å². The highest BCUT2D eigenvalue weighted by Gasteiger charge is 2.14. The van der Waals surface area contributed by atoms with E-state index in [0.717, 1.165) is 13.1 Å². The molecule has 0 aliphatic carbocycles. The number of aryl methyl sites for hydroxylation is 1. The lowest BCUT2D eigenvalue weighted by molar-refractivity contribution is -0.670. The third-order valence-corrected chi connectivity index (χ3v) is 5.41. The third kappa shape index (κ3) is 4.31. The normalized spacial score (nSPS) is 11.0. The van der Waals surface area contributed by atoms with Crippen LogP contribution in [0.5, 0.6) is 0 Å². The molecule has 1 aromatic heterocycles. The monoisotopic (exact) mass is 322 g/mol. The molecule has 0 spiro atoms.